The molecule has 5 nitrogen and oxygen atoms in total. The maximum absolute atomic E-state index is 11.2. The molecule has 4 N–H and O–H groups in total. The van der Waals surface area contributed by atoms with Crippen molar-refractivity contribution in [3.63, 3.8) is 0 Å². The molecule has 35 heavy (non-hydrogen) atoms. The van der Waals surface area contributed by atoms with E-state index in [1.165, 1.54) is 24.3 Å². The first-order valence-electron chi connectivity index (χ1n) is 11.9. The Kier molecular flexibility index (Phi) is 9.36. The van der Waals surface area contributed by atoms with Gasteiger partial charge >= 0.3 is 5.97 Å². The fraction of sp³-hybridized carbons (Fsp3) is 0.267. The van der Waals surface area contributed by atoms with Crippen molar-refractivity contribution >= 4 is 23.4 Å². The Labute approximate surface area is 208 Å². The predicted molar refractivity (Wildman–Crippen MR) is 144 cm³/mol. The summed E-state index contributed by atoms with van der Waals surface area (Å²) in [7, 11) is 1.36. The molecule has 1 radical (unpaired) electrons. The molecule has 0 atom stereocenters. The molecule has 0 aliphatic heterocycles. The number of unbranched alkanes of at least 4 members (excludes halogenated alkanes) is 1. The van der Waals surface area contributed by atoms with Crippen molar-refractivity contribution < 1.29 is 14.3 Å². The molecule has 0 aliphatic carbocycles. The minimum Gasteiger partial charge on any atom is -0.494 e. The van der Waals surface area contributed by atoms with Crippen molar-refractivity contribution in [2.45, 2.75) is 32.1 Å². The van der Waals surface area contributed by atoms with Crippen LogP contribution in [0.1, 0.15) is 36.0 Å². The number of methoxy groups -OCH3 is 1. The summed E-state index contributed by atoms with van der Waals surface area (Å²) >= 11 is 0. The summed E-state index contributed by atoms with van der Waals surface area (Å²) in [6.07, 6.45) is 7.78. The second-order valence-corrected chi connectivity index (χ2v) is 9.07. The highest BCUT2D eigenvalue weighted by atomic mass is 16.5. The van der Waals surface area contributed by atoms with Gasteiger partial charge in [-0.25, -0.2) is 4.79 Å². The van der Waals surface area contributed by atoms with Gasteiger partial charge in [-0.3, -0.25) is 0 Å². The lowest BCUT2D eigenvalue weighted by Gasteiger charge is -2.30. The van der Waals surface area contributed by atoms with Crippen LogP contribution < -0.4 is 16.2 Å². The maximum Gasteiger partial charge on any atom is 0.330 e. The van der Waals surface area contributed by atoms with Gasteiger partial charge in [0.1, 0.15) is 5.75 Å². The molecule has 0 aromatic heterocycles. The SMILES string of the molecule is [CH2]C(CCCCOc1ccc(/C=C/C(=O)OC)cc1)(Cc1ccc(N)cc1)Cc1ccc(N)cc1. The molecule has 0 bridgehead atoms. The topological polar surface area (TPSA) is 87.6 Å². The molecule has 5 heteroatoms. The van der Waals surface area contributed by atoms with Crippen LogP contribution in [0.2, 0.25) is 0 Å². The number of hydrogen-bond acceptors (Lipinski definition) is 5. The number of rotatable bonds is 12. The molecule has 0 spiro atoms. The van der Waals surface area contributed by atoms with Crippen molar-refractivity contribution in [2.75, 3.05) is 25.2 Å². The first kappa shape index (κ1) is 25.9. The van der Waals surface area contributed by atoms with E-state index in [4.69, 9.17) is 16.2 Å². The lowest BCUT2D eigenvalue weighted by Crippen LogP contribution is -2.23. The van der Waals surface area contributed by atoms with E-state index in [0.717, 1.165) is 54.8 Å². The summed E-state index contributed by atoms with van der Waals surface area (Å²) in [5.74, 6) is 0.435. The fourth-order valence-electron chi connectivity index (χ4n) is 4.08. The molecule has 0 heterocycles. The summed E-state index contributed by atoms with van der Waals surface area (Å²) in [4.78, 5) is 11.2. The summed E-state index contributed by atoms with van der Waals surface area (Å²) in [5, 5.41) is 0. The number of carbonyl (C=O) groups is 1. The quantitative estimate of drug-likeness (QED) is 0.149. The molecule has 0 saturated carbocycles. The van der Waals surface area contributed by atoms with Gasteiger partial charge in [0.15, 0.2) is 0 Å². The van der Waals surface area contributed by atoms with Crippen molar-refractivity contribution in [1.29, 1.82) is 0 Å². The molecule has 0 amide bonds. The van der Waals surface area contributed by atoms with Crippen molar-refractivity contribution in [2.24, 2.45) is 5.41 Å². The van der Waals surface area contributed by atoms with E-state index in [9.17, 15) is 4.79 Å². The zero-order chi connectivity index (χ0) is 25.1. The van der Waals surface area contributed by atoms with E-state index >= 15 is 0 Å². The van der Waals surface area contributed by atoms with Gasteiger partial charge in [-0.1, -0.05) is 36.4 Å². The number of nitrogen functional groups attached to an aromatic ring is 2. The van der Waals surface area contributed by atoms with Gasteiger partial charge in [0.2, 0.25) is 0 Å². The third-order valence-electron chi connectivity index (χ3n) is 5.98. The molecule has 3 aromatic carbocycles. The predicted octanol–water partition coefficient (Wildman–Crippen LogP) is 5.89. The summed E-state index contributed by atoms with van der Waals surface area (Å²) < 4.78 is 10.5. The Morgan fingerprint density at radius 2 is 1.40 bits per heavy atom. The van der Waals surface area contributed by atoms with Gasteiger partial charge in [0.05, 0.1) is 13.7 Å². The highest BCUT2D eigenvalue weighted by Gasteiger charge is 2.25. The van der Waals surface area contributed by atoms with E-state index in [1.807, 2.05) is 48.5 Å². The molecular weight excluding hydrogens is 436 g/mol. The van der Waals surface area contributed by atoms with Crippen molar-refractivity contribution in [3.8, 4) is 5.75 Å². The van der Waals surface area contributed by atoms with Crippen LogP contribution in [0.5, 0.6) is 5.75 Å². The molecule has 0 saturated heterocycles. The number of benzene rings is 3. The summed E-state index contributed by atoms with van der Waals surface area (Å²) in [6, 6.07) is 23.8. The van der Waals surface area contributed by atoms with E-state index in [0.29, 0.717) is 6.61 Å². The minimum atomic E-state index is -0.375. The number of ether oxygens (including phenoxy) is 2. The first-order valence-corrected chi connectivity index (χ1v) is 11.9. The zero-order valence-corrected chi connectivity index (χ0v) is 20.4. The Morgan fingerprint density at radius 1 is 0.857 bits per heavy atom. The van der Waals surface area contributed by atoms with Crippen LogP contribution in [0.25, 0.3) is 6.08 Å². The van der Waals surface area contributed by atoms with Gasteiger partial charge in [-0.05, 0) is 104 Å². The second kappa shape index (κ2) is 12.7. The van der Waals surface area contributed by atoms with Crippen LogP contribution in [0, 0.1) is 12.3 Å². The first-order chi connectivity index (χ1) is 16.8. The van der Waals surface area contributed by atoms with Gasteiger partial charge in [-0.2, -0.15) is 0 Å². The highest BCUT2D eigenvalue weighted by Crippen LogP contribution is 2.33. The van der Waals surface area contributed by atoms with Crippen LogP contribution in [0.3, 0.4) is 0 Å². The minimum absolute atomic E-state index is 0.139. The third kappa shape index (κ3) is 8.85. The van der Waals surface area contributed by atoms with Gasteiger partial charge in [0.25, 0.3) is 0 Å². The Morgan fingerprint density at radius 3 is 1.91 bits per heavy atom. The average Bonchev–Trinajstić information content (AvgIpc) is 2.86. The number of esters is 1. The molecular formula is C30H35N2O3. The molecule has 3 rings (SSSR count). The van der Waals surface area contributed by atoms with E-state index in [2.05, 4.69) is 35.9 Å². The molecule has 183 valence electrons. The normalized spacial score (nSPS) is 11.5. The summed E-state index contributed by atoms with van der Waals surface area (Å²) in [5.41, 5.74) is 16.5. The van der Waals surface area contributed by atoms with Crippen LogP contribution in [-0.4, -0.2) is 19.7 Å². The molecule has 3 aromatic rings. The van der Waals surface area contributed by atoms with Gasteiger partial charge in [-0.15, -0.1) is 0 Å². The maximum atomic E-state index is 11.2. The number of nitrogens with two attached hydrogens (primary N) is 2. The average molecular weight is 472 g/mol. The number of anilines is 2. The van der Waals surface area contributed by atoms with Crippen LogP contribution in [-0.2, 0) is 22.4 Å². The third-order valence-corrected chi connectivity index (χ3v) is 5.98. The van der Waals surface area contributed by atoms with E-state index in [1.54, 1.807) is 6.08 Å². The monoisotopic (exact) mass is 471 g/mol. The largest absolute Gasteiger partial charge is 0.494 e. The lowest BCUT2D eigenvalue weighted by atomic mass is 9.74. The molecule has 0 fully saturated rings. The van der Waals surface area contributed by atoms with E-state index in [-0.39, 0.29) is 11.4 Å². The van der Waals surface area contributed by atoms with Gasteiger partial charge < -0.3 is 20.9 Å². The fourth-order valence-corrected chi connectivity index (χ4v) is 4.08. The van der Waals surface area contributed by atoms with Crippen molar-refractivity contribution in [3.05, 3.63) is 102 Å². The second-order valence-electron chi connectivity index (χ2n) is 9.07. The Balaban J connectivity index is 1.53. The molecule has 0 unspecified atom stereocenters. The van der Waals surface area contributed by atoms with E-state index < -0.39 is 0 Å². The Hall–Kier alpha value is -3.73. The number of carbonyl (C=O) groups excluding carboxylic acids is 1. The zero-order valence-electron chi connectivity index (χ0n) is 20.4. The Bertz CT molecular complexity index is 1040. The van der Waals surface area contributed by atoms with Crippen LogP contribution in [0.15, 0.2) is 78.9 Å². The van der Waals surface area contributed by atoms with Crippen LogP contribution >= 0.6 is 0 Å². The standard InChI is InChI=1S/C30H35N2O3/c1-30(21-24-5-12-26(31)13-6-24,22-25-7-14-27(32)15-8-25)19-3-4-20-35-28-16-9-23(10-17-28)11-18-29(33)34-2/h5-18H,1,3-4,19-22,31-32H2,2H3/b18-11+. The summed E-state index contributed by atoms with van der Waals surface area (Å²) in [6.45, 7) is 5.30. The number of hydrogen-bond donors (Lipinski definition) is 2. The lowest BCUT2D eigenvalue weighted by molar-refractivity contribution is -0.134. The highest BCUT2D eigenvalue weighted by molar-refractivity contribution is 5.86. The van der Waals surface area contributed by atoms with Crippen molar-refractivity contribution in [1.82, 2.24) is 0 Å². The van der Waals surface area contributed by atoms with Crippen LogP contribution in [0.4, 0.5) is 11.4 Å². The van der Waals surface area contributed by atoms with Gasteiger partial charge in [0, 0.05) is 17.5 Å². The smallest absolute Gasteiger partial charge is 0.330 e. The molecule has 0 aliphatic rings.